The molecule has 4 heteroatoms. The second-order valence-corrected chi connectivity index (χ2v) is 10.3. The van der Waals surface area contributed by atoms with Gasteiger partial charge >= 0.3 is 0 Å². The van der Waals surface area contributed by atoms with E-state index in [-0.39, 0.29) is 11.6 Å². The van der Waals surface area contributed by atoms with Gasteiger partial charge in [0.05, 0.1) is 11.1 Å². The zero-order valence-corrected chi connectivity index (χ0v) is 21.4. The van der Waals surface area contributed by atoms with Crippen LogP contribution in [-0.2, 0) is 5.41 Å². The molecule has 8 rings (SSSR count). The maximum atomic E-state index is 14.0. The molecule has 0 atom stereocenters. The van der Waals surface area contributed by atoms with Crippen LogP contribution in [0.25, 0.3) is 22.3 Å². The predicted octanol–water partition coefficient (Wildman–Crippen LogP) is 9.17. The lowest BCUT2D eigenvalue weighted by atomic mass is 9.71. The lowest BCUT2D eigenvalue weighted by molar-refractivity contribution is 0.628. The summed E-state index contributed by atoms with van der Waals surface area (Å²) in [4.78, 5) is 6.69. The molecule has 0 unspecified atom stereocenters. The van der Waals surface area contributed by atoms with E-state index in [1.54, 1.807) is 24.3 Å². The molecule has 0 amide bonds. The summed E-state index contributed by atoms with van der Waals surface area (Å²) in [5, 5.41) is 0. The van der Waals surface area contributed by atoms with Gasteiger partial charge in [0, 0.05) is 29.3 Å². The van der Waals surface area contributed by atoms with Gasteiger partial charge in [-0.15, -0.1) is 0 Å². The molecule has 2 aliphatic carbocycles. The fourth-order valence-corrected chi connectivity index (χ4v) is 6.80. The molecule has 1 spiro atoms. The largest absolute Gasteiger partial charge is 0.310 e. The maximum absolute atomic E-state index is 14.0. The number of benzene rings is 5. The second kappa shape index (κ2) is 8.45. The van der Waals surface area contributed by atoms with Gasteiger partial charge in [-0.25, -0.2) is 8.78 Å². The number of pyridine rings is 1. The van der Waals surface area contributed by atoms with Gasteiger partial charge < -0.3 is 4.90 Å². The van der Waals surface area contributed by atoms with Crippen LogP contribution in [0, 0.1) is 11.6 Å². The van der Waals surface area contributed by atoms with Crippen LogP contribution in [0.4, 0.5) is 25.8 Å². The molecular formula is C36H22F2N2. The molecule has 40 heavy (non-hydrogen) atoms. The van der Waals surface area contributed by atoms with Crippen molar-refractivity contribution >= 4 is 17.1 Å². The van der Waals surface area contributed by atoms with Gasteiger partial charge in [-0.2, -0.15) is 0 Å². The minimum absolute atomic E-state index is 0.310. The quantitative estimate of drug-likeness (QED) is 0.231. The van der Waals surface area contributed by atoms with Gasteiger partial charge in [0.2, 0.25) is 0 Å². The van der Waals surface area contributed by atoms with E-state index in [0.29, 0.717) is 0 Å². The molecule has 0 N–H and O–H groups in total. The Hall–Kier alpha value is -5.09. The molecule has 0 fully saturated rings. The van der Waals surface area contributed by atoms with Crippen LogP contribution in [0.1, 0.15) is 22.3 Å². The maximum Gasteiger partial charge on any atom is 0.123 e. The Morgan fingerprint density at radius 2 is 1.05 bits per heavy atom. The molecule has 0 bridgehead atoms. The highest BCUT2D eigenvalue weighted by molar-refractivity contribution is 6.00. The third-order valence-electron chi connectivity index (χ3n) is 8.30. The average molecular weight is 521 g/mol. The molecule has 0 radical (unpaired) electrons. The van der Waals surface area contributed by atoms with Crippen LogP contribution in [-0.4, -0.2) is 4.98 Å². The Labute approximate surface area is 230 Å². The molecule has 190 valence electrons. The number of rotatable bonds is 3. The van der Waals surface area contributed by atoms with Crippen LogP contribution in [0.2, 0.25) is 0 Å². The summed E-state index contributed by atoms with van der Waals surface area (Å²) in [6.45, 7) is 0. The first-order valence-electron chi connectivity index (χ1n) is 13.3. The van der Waals surface area contributed by atoms with Crippen molar-refractivity contribution in [3.63, 3.8) is 0 Å². The first-order valence-corrected chi connectivity index (χ1v) is 13.3. The number of nitrogens with zero attached hydrogens (tertiary/aromatic N) is 2. The van der Waals surface area contributed by atoms with Crippen molar-refractivity contribution in [2.45, 2.75) is 5.41 Å². The Morgan fingerprint density at radius 3 is 1.65 bits per heavy atom. The molecular weight excluding hydrogens is 498 g/mol. The monoisotopic (exact) mass is 520 g/mol. The molecule has 0 aliphatic heterocycles. The van der Waals surface area contributed by atoms with Crippen molar-refractivity contribution in [2.75, 3.05) is 4.90 Å². The normalized spacial score (nSPS) is 13.4. The summed E-state index contributed by atoms with van der Waals surface area (Å²) >= 11 is 0. The standard InChI is InChI=1S/C36H22F2N2/c37-23-12-16-25(17-13-23)40(26-18-14-24(38)15-19-26)34-11-5-10-32-35(34)29-20-21-39-22-33(29)36(32)30-8-3-1-6-27(30)28-7-2-4-9-31(28)36/h1-22H. The van der Waals surface area contributed by atoms with E-state index in [2.05, 4.69) is 82.7 Å². The lowest BCUT2D eigenvalue weighted by Gasteiger charge is -2.31. The smallest absolute Gasteiger partial charge is 0.123 e. The fourth-order valence-electron chi connectivity index (χ4n) is 6.80. The van der Waals surface area contributed by atoms with Gasteiger partial charge in [0.15, 0.2) is 0 Å². The van der Waals surface area contributed by atoms with Crippen molar-refractivity contribution in [1.82, 2.24) is 4.98 Å². The predicted molar refractivity (Wildman–Crippen MR) is 155 cm³/mol. The number of anilines is 3. The van der Waals surface area contributed by atoms with Crippen molar-refractivity contribution in [3.8, 4) is 22.3 Å². The number of hydrogen-bond acceptors (Lipinski definition) is 2. The Morgan fingerprint density at radius 1 is 0.500 bits per heavy atom. The minimum atomic E-state index is -0.528. The summed E-state index contributed by atoms with van der Waals surface area (Å²) in [5.74, 6) is -0.619. The lowest BCUT2D eigenvalue weighted by Crippen LogP contribution is -2.26. The highest BCUT2D eigenvalue weighted by atomic mass is 19.1. The van der Waals surface area contributed by atoms with Crippen LogP contribution < -0.4 is 4.90 Å². The van der Waals surface area contributed by atoms with Crippen LogP contribution in [0.5, 0.6) is 0 Å². The number of aromatic nitrogens is 1. The molecule has 1 heterocycles. The summed E-state index contributed by atoms with van der Waals surface area (Å²) in [6, 6.07) is 38.6. The van der Waals surface area contributed by atoms with Crippen molar-refractivity contribution in [1.29, 1.82) is 0 Å². The topological polar surface area (TPSA) is 16.1 Å². The zero-order valence-electron chi connectivity index (χ0n) is 21.4. The molecule has 6 aromatic rings. The van der Waals surface area contributed by atoms with E-state index < -0.39 is 5.41 Å². The van der Waals surface area contributed by atoms with E-state index in [1.807, 2.05) is 12.4 Å². The zero-order chi connectivity index (χ0) is 26.8. The number of fused-ring (bicyclic) bond motifs is 10. The average Bonchev–Trinajstić information content (AvgIpc) is 3.47. The summed E-state index contributed by atoms with van der Waals surface area (Å²) in [6.07, 6.45) is 3.84. The molecule has 1 aromatic heterocycles. The van der Waals surface area contributed by atoms with Crippen molar-refractivity contribution < 1.29 is 8.78 Å². The SMILES string of the molecule is Fc1ccc(N(c2ccc(F)cc2)c2cccc3c2-c2ccncc2C32c3ccccc3-c3ccccc32)cc1. The third-order valence-corrected chi connectivity index (χ3v) is 8.30. The Balaban J connectivity index is 1.48. The first-order chi connectivity index (χ1) is 19.7. The Kier molecular flexibility index (Phi) is 4.83. The highest BCUT2D eigenvalue weighted by Crippen LogP contribution is 2.64. The summed E-state index contributed by atoms with van der Waals surface area (Å²) in [7, 11) is 0. The van der Waals surface area contributed by atoms with E-state index in [4.69, 9.17) is 0 Å². The van der Waals surface area contributed by atoms with E-state index in [1.165, 1.54) is 52.1 Å². The van der Waals surface area contributed by atoms with Gasteiger partial charge in [0.25, 0.3) is 0 Å². The molecule has 5 aromatic carbocycles. The van der Waals surface area contributed by atoms with Crippen molar-refractivity contribution in [3.05, 3.63) is 168 Å². The third kappa shape index (κ3) is 2.99. The molecule has 2 aliphatic rings. The van der Waals surface area contributed by atoms with Gasteiger partial charge in [-0.05, 0) is 99.6 Å². The molecule has 2 nitrogen and oxygen atoms in total. The minimum Gasteiger partial charge on any atom is -0.310 e. The van der Waals surface area contributed by atoms with Gasteiger partial charge in [-0.3, -0.25) is 4.98 Å². The van der Waals surface area contributed by atoms with Gasteiger partial charge in [0.1, 0.15) is 11.6 Å². The number of halogens is 2. The molecule has 0 saturated carbocycles. The Bertz CT molecular complexity index is 1840. The summed E-state index contributed by atoms with van der Waals surface area (Å²) < 4.78 is 28.1. The van der Waals surface area contributed by atoms with E-state index >= 15 is 0 Å². The summed E-state index contributed by atoms with van der Waals surface area (Å²) in [5.41, 5.74) is 11.4. The van der Waals surface area contributed by atoms with E-state index in [0.717, 1.165) is 33.8 Å². The van der Waals surface area contributed by atoms with Crippen LogP contribution in [0.3, 0.4) is 0 Å². The van der Waals surface area contributed by atoms with Crippen LogP contribution >= 0.6 is 0 Å². The second-order valence-electron chi connectivity index (χ2n) is 10.3. The van der Waals surface area contributed by atoms with Crippen LogP contribution in [0.15, 0.2) is 134 Å². The highest BCUT2D eigenvalue weighted by Gasteiger charge is 2.52. The van der Waals surface area contributed by atoms with E-state index in [9.17, 15) is 8.78 Å². The fraction of sp³-hybridized carbons (Fsp3) is 0.0278. The first kappa shape index (κ1) is 22.9. The molecule has 0 saturated heterocycles. The van der Waals surface area contributed by atoms with Gasteiger partial charge in [-0.1, -0.05) is 60.7 Å². The van der Waals surface area contributed by atoms with Crippen molar-refractivity contribution in [2.24, 2.45) is 0 Å². The number of hydrogen-bond donors (Lipinski definition) is 0.